The summed E-state index contributed by atoms with van der Waals surface area (Å²) >= 11 is 0. The van der Waals surface area contributed by atoms with Crippen LogP contribution >= 0.6 is 0 Å². The third-order valence-electron chi connectivity index (χ3n) is 2.18. The number of aromatic nitrogens is 4. The molecule has 0 aliphatic carbocycles. The molecule has 4 nitrogen and oxygen atoms in total. The first-order valence-corrected chi connectivity index (χ1v) is 4.53. The molecular formula is C10H13ClN4. The molecule has 2 heterocycles. The van der Waals surface area contributed by atoms with E-state index in [1.807, 2.05) is 4.68 Å². The Kier molecular flexibility index (Phi) is 3.42. The molecule has 0 unspecified atom stereocenters. The van der Waals surface area contributed by atoms with Crippen LogP contribution in [0.1, 0.15) is 17.0 Å². The third-order valence-corrected chi connectivity index (χ3v) is 2.18. The molecule has 2 aromatic heterocycles. The van der Waals surface area contributed by atoms with E-state index in [1.165, 1.54) is 17.0 Å². The average molecular weight is 225 g/mol. The van der Waals surface area contributed by atoms with Crippen LogP contribution in [0.15, 0.2) is 24.8 Å². The highest BCUT2D eigenvalue weighted by molar-refractivity contribution is 5.13. The van der Waals surface area contributed by atoms with Gasteiger partial charge in [-0.2, -0.15) is 0 Å². The highest BCUT2D eigenvalue weighted by Gasteiger charge is 2.13. The number of aryl methyl sites for hydroxylation is 3. The zero-order valence-electron chi connectivity index (χ0n) is 8.98. The lowest BCUT2D eigenvalue weighted by Gasteiger charge is -2.02. The third kappa shape index (κ3) is 2.15. The number of pyridine rings is 1. The minimum absolute atomic E-state index is 0. The number of hydrogen-bond acceptors (Lipinski definition) is 2. The first-order chi connectivity index (χ1) is 6.68. The Balaban J connectivity index is 0.00000112. The van der Waals surface area contributed by atoms with Gasteiger partial charge in [0.25, 0.3) is 0 Å². The normalized spacial score (nSPS) is 9.80. The monoisotopic (exact) mass is 224 g/mol. The maximum atomic E-state index is 3.80. The number of nitrogens with zero attached hydrogens (tertiary/aromatic N) is 4. The summed E-state index contributed by atoms with van der Waals surface area (Å²) in [4.78, 5) is 0. The van der Waals surface area contributed by atoms with Crippen molar-refractivity contribution in [3.63, 3.8) is 0 Å². The summed E-state index contributed by atoms with van der Waals surface area (Å²) in [6.45, 7) is 6.23. The number of rotatable bonds is 1. The maximum Gasteiger partial charge on any atom is 0.210 e. The standard InChI is InChI=1S/C10H13N4.ClH/c1-8-4-9(2)14(10(3)5-8)13-6-11-12-7-13;/h4-7H,1-3H3;1H/q+1;/p-1. The van der Waals surface area contributed by atoms with E-state index in [0.29, 0.717) is 0 Å². The van der Waals surface area contributed by atoms with E-state index in [4.69, 9.17) is 0 Å². The van der Waals surface area contributed by atoms with Crippen molar-refractivity contribution in [1.82, 2.24) is 14.9 Å². The van der Waals surface area contributed by atoms with Gasteiger partial charge in [-0.15, -0.1) is 10.2 Å². The molecule has 0 aliphatic heterocycles. The van der Waals surface area contributed by atoms with Gasteiger partial charge in [0.05, 0.1) is 0 Å². The molecule has 0 saturated carbocycles. The summed E-state index contributed by atoms with van der Waals surface area (Å²) in [6.07, 6.45) is 3.38. The Morgan fingerprint density at radius 3 is 1.93 bits per heavy atom. The molecule has 80 valence electrons. The summed E-state index contributed by atoms with van der Waals surface area (Å²) in [5.41, 5.74) is 3.61. The molecule has 5 heteroatoms. The van der Waals surface area contributed by atoms with Crippen molar-refractivity contribution in [2.24, 2.45) is 0 Å². The molecule has 0 aliphatic rings. The van der Waals surface area contributed by atoms with Gasteiger partial charge in [0.2, 0.25) is 11.4 Å². The van der Waals surface area contributed by atoms with Crippen molar-refractivity contribution in [2.75, 3.05) is 0 Å². The predicted octanol–water partition coefficient (Wildman–Crippen LogP) is -2.19. The van der Waals surface area contributed by atoms with E-state index in [-0.39, 0.29) is 12.4 Å². The molecule has 0 bridgehead atoms. The van der Waals surface area contributed by atoms with Crippen LogP contribution in [0.25, 0.3) is 0 Å². The van der Waals surface area contributed by atoms with E-state index >= 15 is 0 Å². The second kappa shape index (κ2) is 4.40. The van der Waals surface area contributed by atoms with Crippen molar-refractivity contribution in [3.8, 4) is 0 Å². The van der Waals surface area contributed by atoms with E-state index < -0.39 is 0 Å². The summed E-state index contributed by atoms with van der Waals surface area (Å²) in [5, 5.41) is 7.59. The van der Waals surface area contributed by atoms with Crippen molar-refractivity contribution in [3.05, 3.63) is 41.7 Å². The van der Waals surface area contributed by atoms with Crippen LogP contribution in [0.4, 0.5) is 0 Å². The van der Waals surface area contributed by atoms with E-state index in [9.17, 15) is 0 Å². The fourth-order valence-corrected chi connectivity index (χ4v) is 1.76. The van der Waals surface area contributed by atoms with Crippen LogP contribution in [0.3, 0.4) is 0 Å². The molecule has 2 aromatic rings. The van der Waals surface area contributed by atoms with E-state index in [1.54, 1.807) is 12.7 Å². The molecule has 15 heavy (non-hydrogen) atoms. The molecular weight excluding hydrogens is 212 g/mol. The Morgan fingerprint density at radius 1 is 1.00 bits per heavy atom. The first kappa shape index (κ1) is 11.7. The summed E-state index contributed by atoms with van der Waals surface area (Å²) in [6, 6.07) is 4.26. The Morgan fingerprint density at radius 2 is 1.47 bits per heavy atom. The smallest absolute Gasteiger partial charge is 0.210 e. The lowest BCUT2D eigenvalue weighted by atomic mass is 10.2. The van der Waals surface area contributed by atoms with Gasteiger partial charge in [0.15, 0.2) is 12.7 Å². The van der Waals surface area contributed by atoms with Crippen LogP contribution < -0.4 is 17.1 Å². The van der Waals surface area contributed by atoms with Gasteiger partial charge in [-0.25, -0.2) is 0 Å². The molecule has 0 fully saturated rings. The van der Waals surface area contributed by atoms with Crippen LogP contribution in [0, 0.1) is 20.8 Å². The molecule has 0 saturated heterocycles. The van der Waals surface area contributed by atoms with Crippen molar-refractivity contribution < 1.29 is 17.1 Å². The predicted molar refractivity (Wildman–Crippen MR) is 51.7 cm³/mol. The quantitative estimate of drug-likeness (QED) is 0.516. The minimum Gasteiger partial charge on any atom is -1.00 e. The zero-order chi connectivity index (χ0) is 10.1. The summed E-state index contributed by atoms with van der Waals surface area (Å²) in [5.74, 6) is 0. The largest absolute Gasteiger partial charge is 1.00 e. The van der Waals surface area contributed by atoms with Gasteiger partial charge < -0.3 is 12.4 Å². The van der Waals surface area contributed by atoms with Crippen molar-refractivity contribution >= 4 is 0 Å². The highest BCUT2D eigenvalue weighted by atomic mass is 35.5. The zero-order valence-corrected chi connectivity index (χ0v) is 9.73. The molecule has 0 amide bonds. The maximum absolute atomic E-state index is 3.80. The highest BCUT2D eigenvalue weighted by Crippen LogP contribution is 2.01. The Bertz CT molecular complexity index is 427. The van der Waals surface area contributed by atoms with Crippen LogP contribution in [-0.2, 0) is 0 Å². The van der Waals surface area contributed by atoms with Crippen LogP contribution in [0.2, 0.25) is 0 Å². The molecule has 0 aromatic carbocycles. The minimum atomic E-state index is 0. The van der Waals surface area contributed by atoms with Crippen LogP contribution in [0.5, 0.6) is 0 Å². The number of hydrogen-bond donors (Lipinski definition) is 0. The van der Waals surface area contributed by atoms with E-state index in [2.05, 4.69) is 47.8 Å². The van der Waals surface area contributed by atoms with Gasteiger partial charge in [0, 0.05) is 26.0 Å². The van der Waals surface area contributed by atoms with Gasteiger partial charge in [-0.1, -0.05) is 9.35 Å². The van der Waals surface area contributed by atoms with Gasteiger partial charge in [-0.05, 0) is 12.5 Å². The SMILES string of the molecule is Cc1cc(C)[n+](-n2cnnc2)c(C)c1.[Cl-]. The van der Waals surface area contributed by atoms with Crippen molar-refractivity contribution in [1.29, 1.82) is 0 Å². The average Bonchev–Trinajstić information content (AvgIpc) is 2.54. The summed E-state index contributed by atoms with van der Waals surface area (Å²) < 4.78 is 3.93. The molecule has 0 radical (unpaired) electrons. The van der Waals surface area contributed by atoms with Crippen molar-refractivity contribution in [2.45, 2.75) is 20.8 Å². The first-order valence-electron chi connectivity index (χ1n) is 4.53. The molecule has 0 atom stereocenters. The van der Waals surface area contributed by atoms with Crippen LogP contribution in [-0.4, -0.2) is 14.9 Å². The Labute approximate surface area is 95.0 Å². The van der Waals surface area contributed by atoms with Gasteiger partial charge in [-0.3, -0.25) is 0 Å². The fourth-order valence-electron chi connectivity index (χ4n) is 1.76. The topological polar surface area (TPSA) is 34.6 Å². The molecule has 0 N–H and O–H groups in total. The summed E-state index contributed by atoms with van der Waals surface area (Å²) in [7, 11) is 0. The van der Waals surface area contributed by atoms with Gasteiger partial charge >= 0.3 is 0 Å². The fraction of sp³-hybridized carbons (Fsp3) is 0.300. The lowest BCUT2D eigenvalue weighted by Crippen LogP contribution is -3.00. The number of halogens is 1. The Hall–Kier alpha value is -1.42. The lowest BCUT2D eigenvalue weighted by molar-refractivity contribution is -0.739. The second-order valence-electron chi connectivity index (χ2n) is 3.47. The molecule has 2 rings (SSSR count). The van der Waals surface area contributed by atoms with Gasteiger partial charge in [0.1, 0.15) is 0 Å². The second-order valence-corrected chi connectivity index (χ2v) is 3.47. The van der Waals surface area contributed by atoms with E-state index in [0.717, 1.165) is 0 Å². The molecule has 0 spiro atoms.